The molecule has 0 aromatic heterocycles. The molecule has 0 unspecified atom stereocenters. The van der Waals surface area contributed by atoms with Crippen molar-refractivity contribution in [3.8, 4) is 0 Å². The minimum atomic E-state index is -4.75. The van der Waals surface area contributed by atoms with E-state index in [9.17, 15) is 27.2 Å². The fraction of sp³-hybridized carbons (Fsp3) is 0.385. The molecular weight excluding hydrogens is 292 g/mol. The van der Waals surface area contributed by atoms with Gasteiger partial charge in [0, 0.05) is 17.3 Å². The van der Waals surface area contributed by atoms with Crippen LogP contribution in [0.25, 0.3) is 0 Å². The molecular formula is C13H12F4N2O2. The van der Waals surface area contributed by atoms with Crippen molar-refractivity contribution in [1.29, 1.82) is 0 Å². The molecule has 2 N–H and O–H groups in total. The number of amides is 2. The number of alkyl halides is 4. The molecule has 2 rings (SSSR count). The molecule has 1 aromatic carbocycles. The minimum absolute atomic E-state index is 0.00844. The second-order valence-corrected chi connectivity index (χ2v) is 4.72. The van der Waals surface area contributed by atoms with Crippen LogP contribution < -0.4 is 10.6 Å². The number of hydrogen-bond acceptors (Lipinski definition) is 2. The van der Waals surface area contributed by atoms with E-state index in [4.69, 9.17) is 0 Å². The van der Waals surface area contributed by atoms with Crippen LogP contribution >= 0.6 is 0 Å². The molecule has 0 bridgehead atoms. The second-order valence-electron chi connectivity index (χ2n) is 4.72. The van der Waals surface area contributed by atoms with Gasteiger partial charge in [0.25, 0.3) is 0 Å². The first kappa shape index (κ1) is 15.3. The highest BCUT2D eigenvalue weighted by Crippen LogP contribution is 2.30. The third-order valence-corrected chi connectivity index (χ3v) is 2.94. The van der Waals surface area contributed by atoms with Gasteiger partial charge in [-0.1, -0.05) is 0 Å². The Morgan fingerprint density at radius 2 is 1.52 bits per heavy atom. The Morgan fingerprint density at radius 1 is 1.05 bits per heavy atom. The summed E-state index contributed by atoms with van der Waals surface area (Å²) >= 11 is 0. The predicted octanol–water partition coefficient (Wildman–Crippen LogP) is 2.87. The van der Waals surface area contributed by atoms with Crippen LogP contribution in [-0.2, 0) is 9.59 Å². The maximum absolute atomic E-state index is 12.8. The number of carbonyl (C=O) groups is 2. The summed E-state index contributed by atoms with van der Waals surface area (Å²) in [5, 5.41) is 4.31. The van der Waals surface area contributed by atoms with E-state index in [2.05, 4.69) is 5.32 Å². The van der Waals surface area contributed by atoms with Gasteiger partial charge in [0.05, 0.1) is 0 Å². The van der Waals surface area contributed by atoms with E-state index in [1.165, 1.54) is 24.3 Å². The molecule has 4 nitrogen and oxygen atoms in total. The summed E-state index contributed by atoms with van der Waals surface area (Å²) in [6.45, 7) is 0. The maximum atomic E-state index is 12.8. The van der Waals surface area contributed by atoms with Crippen LogP contribution in [-0.4, -0.2) is 24.2 Å². The lowest BCUT2D eigenvalue weighted by atomic mass is 10.2. The number of anilines is 2. The predicted molar refractivity (Wildman–Crippen MR) is 67.4 cm³/mol. The Kier molecular flexibility index (Phi) is 4.15. The molecule has 0 heterocycles. The zero-order valence-electron chi connectivity index (χ0n) is 10.7. The van der Waals surface area contributed by atoms with Crippen LogP contribution in [0.15, 0.2) is 24.3 Å². The molecule has 1 aliphatic carbocycles. The zero-order valence-corrected chi connectivity index (χ0v) is 10.7. The Bertz CT molecular complexity index is 542. The Hall–Kier alpha value is -2.12. The fourth-order valence-electron chi connectivity index (χ4n) is 1.54. The molecule has 1 fully saturated rings. The Morgan fingerprint density at radius 3 is 1.95 bits per heavy atom. The molecule has 1 aliphatic rings. The van der Waals surface area contributed by atoms with Gasteiger partial charge in [-0.15, -0.1) is 0 Å². The summed E-state index contributed by atoms with van der Waals surface area (Å²) in [6, 6.07) is 5.25. The van der Waals surface area contributed by atoms with Crippen molar-refractivity contribution in [3.05, 3.63) is 24.3 Å². The summed E-state index contributed by atoms with van der Waals surface area (Å²) in [7, 11) is 0. The van der Waals surface area contributed by atoms with E-state index in [-0.39, 0.29) is 17.5 Å². The first-order valence-corrected chi connectivity index (χ1v) is 6.19. The van der Waals surface area contributed by atoms with Gasteiger partial charge in [-0.05, 0) is 37.1 Å². The van der Waals surface area contributed by atoms with Crippen molar-refractivity contribution in [2.75, 3.05) is 10.6 Å². The summed E-state index contributed by atoms with van der Waals surface area (Å²) in [5.41, 5.74) is 0.371. The van der Waals surface area contributed by atoms with Crippen molar-refractivity contribution in [3.63, 3.8) is 0 Å². The van der Waals surface area contributed by atoms with Crippen LogP contribution in [0, 0.1) is 5.92 Å². The normalized spacial score (nSPS) is 14.9. The molecule has 0 radical (unpaired) electrons. The maximum Gasteiger partial charge on any atom is 0.383 e. The summed E-state index contributed by atoms with van der Waals surface area (Å²) in [5.74, 6) is -6.95. The molecule has 2 amide bonds. The molecule has 1 saturated carbocycles. The van der Waals surface area contributed by atoms with Crippen molar-refractivity contribution >= 4 is 23.2 Å². The van der Waals surface area contributed by atoms with Crippen LogP contribution in [0.3, 0.4) is 0 Å². The largest absolute Gasteiger partial charge is 0.383 e. The van der Waals surface area contributed by atoms with E-state index < -0.39 is 18.3 Å². The van der Waals surface area contributed by atoms with Crippen molar-refractivity contribution < 1.29 is 27.2 Å². The third-order valence-electron chi connectivity index (χ3n) is 2.94. The molecule has 21 heavy (non-hydrogen) atoms. The van der Waals surface area contributed by atoms with E-state index in [1.807, 2.05) is 0 Å². The lowest BCUT2D eigenvalue weighted by molar-refractivity contribution is -0.163. The number of rotatable bonds is 5. The van der Waals surface area contributed by atoms with E-state index in [0.29, 0.717) is 5.69 Å². The highest BCUT2D eigenvalue weighted by atomic mass is 19.3. The highest BCUT2D eigenvalue weighted by molar-refractivity contribution is 5.97. The fourth-order valence-corrected chi connectivity index (χ4v) is 1.54. The van der Waals surface area contributed by atoms with Gasteiger partial charge >= 0.3 is 18.3 Å². The van der Waals surface area contributed by atoms with Crippen LogP contribution in [0.4, 0.5) is 28.9 Å². The lowest BCUT2D eigenvalue weighted by Gasteiger charge is -2.15. The third kappa shape index (κ3) is 3.71. The monoisotopic (exact) mass is 304 g/mol. The highest BCUT2D eigenvalue weighted by Gasteiger charge is 2.48. The van der Waals surface area contributed by atoms with Gasteiger partial charge in [0.15, 0.2) is 0 Å². The van der Waals surface area contributed by atoms with Crippen LogP contribution in [0.1, 0.15) is 12.8 Å². The smallest absolute Gasteiger partial charge is 0.326 e. The number of nitrogens with one attached hydrogen (secondary N) is 2. The minimum Gasteiger partial charge on any atom is -0.326 e. The number of hydrogen-bond donors (Lipinski definition) is 2. The number of benzene rings is 1. The summed E-state index contributed by atoms with van der Waals surface area (Å²) in [4.78, 5) is 22.5. The molecule has 0 saturated heterocycles. The first-order valence-electron chi connectivity index (χ1n) is 6.19. The van der Waals surface area contributed by atoms with Crippen LogP contribution in [0.2, 0.25) is 0 Å². The van der Waals surface area contributed by atoms with Gasteiger partial charge in [-0.25, -0.2) is 8.78 Å². The van der Waals surface area contributed by atoms with E-state index in [1.54, 1.807) is 5.32 Å². The average molecular weight is 304 g/mol. The van der Waals surface area contributed by atoms with Gasteiger partial charge in [-0.3, -0.25) is 9.59 Å². The van der Waals surface area contributed by atoms with E-state index in [0.717, 1.165) is 12.8 Å². The van der Waals surface area contributed by atoms with E-state index >= 15 is 0 Å². The standard InChI is InChI=1S/C13H12F4N2O2/c14-11(15)13(16,17)12(21)19-9-5-3-8(4-6-9)18-10(20)7-1-2-7/h3-7,11H,1-2H2,(H,18,20)(H,19,21). The molecule has 0 atom stereocenters. The molecule has 0 spiro atoms. The molecule has 0 aliphatic heterocycles. The molecule has 8 heteroatoms. The molecule has 1 aromatic rings. The van der Waals surface area contributed by atoms with Gasteiger partial charge < -0.3 is 10.6 Å². The Balaban J connectivity index is 1.95. The number of halogens is 4. The summed E-state index contributed by atoms with van der Waals surface area (Å²) in [6.07, 6.45) is -2.40. The summed E-state index contributed by atoms with van der Waals surface area (Å²) < 4.78 is 49.5. The molecule has 114 valence electrons. The quantitative estimate of drug-likeness (QED) is 0.822. The SMILES string of the molecule is O=C(Nc1ccc(NC(=O)C(F)(F)C(F)F)cc1)C1CC1. The second kappa shape index (κ2) is 5.71. The average Bonchev–Trinajstić information content (AvgIpc) is 3.25. The first-order chi connectivity index (χ1) is 9.80. The number of carbonyl (C=O) groups excluding carboxylic acids is 2. The van der Waals surface area contributed by atoms with Crippen molar-refractivity contribution in [2.45, 2.75) is 25.2 Å². The van der Waals surface area contributed by atoms with Crippen molar-refractivity contribution in [1.82, 2.24) is 0 Å². The topological polar surface area (TPSA) is 58.2 Å². The van der Waals surface area contributed by atoms with Gasteiger partial charge in [0.2, 0.25) is 5.91 Å². The van der Waals surface area contributed by atoms with Gasteiger partial charge in [0.1, 0.15) is 0 Å². The van der Waals surface area contributed by atoms with Crippen LogP contribution in [0.5, 0.6) is 0 Å². The van der Waals surface area contributed by atoms with Gasteiger partial charge in [-0.2, -0.15) is 8.78 Å². The zero-order chi connectivity index (χ0) is 15.6. The van der Waals surface area contributed by atoms with Crippen molar-refractivity contribution in [2.24, 2.45) is 5.92 Å². The Labute approximate surface area is 117 Å². The lowest BCUT2D eigenvalue weighted by Crippen LogP contribution is -2.40.